The zero-order valence-electron chi connectivity index (χ0n) is 13.3. The molecule has 2 rings (SSSR count). The van der Waals surface area contributed by atoms with Crippen molar-refractivity contribution in [1.82, 2.24) is 23.9 Å². The monoisotopic (exact) mass is 325 g/mol. The molecule has 2 N–H and O–H groups in total. The number of imidazole rings is 1. The SMILES string of the molecule is CN(C)N=Nc1nc2c(=O)n(C)n(C)c(=O)c2n1CC(O)CO. The molecule has 0 fully saturated rings. The van der Waals surface area contributed by atoms with E-state index in [0.717, 1.165) is 9.36 Å². The van der Waals surface area contributed by atoms with Crippen molar-refractivity contribution in [3.05, 3.63) is 20.7 Å². The largest absolute Gasteiger partial charge is 0.394 e. The third kappa shape index (κ3) is 3.00. The van der Waals surface area contributed by atoms with Gasteiger partial charge in [0.15, 0.2) is 5.52 Å². The molecule has 1 unspecified atom stereocenters. The summed E-state index contributed by atoms with van der Waals surface area (Å²) >= 11 is 0. The Balaban J connectivity index is 2.82. The quantitative estimate of drug-likeness (QED) is 0.500. The number of aliphatic hydroxyl groups excluding tert-OH is 2. The smallest absolute Gasteiger partial charge is 0.293 e. The second-order valence-corrected chi connectivity index (χ2v) is 5.25. The molecule has 0 bridgehead atoms. The molecule has 0 saturated heterocycles. The fourth-order valence-electron chi connectivity index (χ4n) is 2.03. The van der Waals surface area contributed by atoms with Crippen LogP contribution in [-0.4, -0.2) is 60.9 Å². The zero-order chi connectivity index (χ0) is 17.3. The van der Waals surface area contributed by atoms with E-state index in [1.807, 2.05) is 0 Å². The Bertz CT molecular complexity index is 861. The highest BCUT2D eigenvalue weighted by atomic mass is 16.3. The van der Waals surface area contributed by atoms with Gasteiger partial charge in [0.05, 0.1) is 19.3 Å². The molecule has 0 aliphatic carbocycles. The van der Waals surface area contributed by atoms with Gasteiger partial charge in [0.2, 0.25) is 0 Å². The maximum absolute atomic E-state index is 12.5. The topological polar surface area (TPSA) is 130 Å². The summed E-state index contributed by atoms with van der Waals surface area (Å²) in [5.74, 6) is 0.00148. The first kappa shape index (κ1) is 16.8. The van der Waals surface area contributed by atoms with Gasteiger partial charge >= 0.3 is 0 Å². The summed E-state index contributed by atoms with van der Waals surface area (Å²) in [7, 11) is 6.20. The van der Waals surface area contributed by atoms with Gasteiger partial charge in [0.25, 0.3) is 17.1 Å². The van der Waals surface area contributed by atoms with Gasteiger partial charge in [-0.25, -0.2) is 14.3 Å². The summed E-state index contributed by atoms with van der Waals surface area (Å²) in [6.07, 6.45) is -1.13. The summed E-state index contributed by atoms with van der Waals surface area (Å²) in [6.45, 7) is -0.647. The van der Waals surface area contributed by atoms with Crippen molar-refractivity contribution in [2.24, 2.45) is 24.4 Å². The molecule has 0 aromatic carbocycles. The molecule has 0 aliphatic rings. The van der Waals surface area contributed by atoms with E-state index in [1.165, 1.54) is 23.7 Å². The van der Waals surface area contributed by atoms with Gasteiger partial charge in [-0.3, -0.25) is 19.2 Å². The average Bonchev–Trinajstić information content (AvgIpc) is 2.87. The van der Waals surface area contributed by atoms with Crippen LogP contribution >= 0.6 is 0 Å². The van der Waals surface area contributed by atoms with Gasteiger partial charge in [-0.15, -0.1) is 0 Å². The number of aliphatic hydroxyl groups is 2. The van der Waals surface area contributed by atoms with Crippen molar-refractivity contribution >= 4 is 17.0 Å². The van der Waals surface area contributed by atoms with Crippen molar-refractivity contribution < 1.29 is 10.2 Å². The molecule has 11 nitrogen and oxygen atoms in total. The third-order valence-electron chi connectivity index (χ3n) is 3.31. The minimum absolute atomic E-state index is 0.00148. The molecular formula is C12H19N7O4. The summed E-state index contributed by atoms with van der Waals surface area (Å²) in [6, 6.07) is 0. The highest BCUT2D eigenvalue weighted by Gasteiger charge is 2.21. The Labute approximate surface area is 130 Å². The summed E-state index contributed by atoms with van der Waals surface area (Å²) in [5, 5.41) is 27.8. The fraction of sp³-hybridized carbons (Fsp3) is 0.583. The van der Waals surface area contributed by atoms with Crippen LogP contribution in [0.2, 0.25) is 0 Å². The lowest BCUT2D eigenvalue weighted by Gasteiger charge is -2.11. The van der Waals surface area contributed by atoms with Crippen LogP contribution in [0.5, 0.6) is 0 Å². The van der Waals surface area contributed by atoms with Crippen LogP contribution in [0.15, 0.2) is 19.9 Å². The van der Waals surface area contributed by atoms with E-state index in [-0.39, 0.29) is 23.5 Å². The van der Waals surface area contributed by atoms with Gasteiger partial charge in [-0.1, -0.05) is 10.3 Å². The van der Waals surface area contributed by atoms with E-state index in [0.29, 0.717) is 0 Å². The fourth-order valence-corrected chi connectivity index (χ4v) is 2.03. The summed E-state index contributed by atoms with van der Waals surface area (Å²) in [5.41, 5.74) is -0.990. The summed E-state index contributed by atoms with van der Waals surface area (Å²) < 4.78 is 3.56. The molecule has 2 aromatic rings. The average molecular weight is 325 g/mol. The molecule has 0 amide bonds. The molecule has 0 aliphatic heterocycles. The van der Waals surface area contributed by atoms with Crippen molar-refractivity contribution in [2.45, 2.75) is 12.6 Å². The van der Waals surface area contributed by atoms with Crippen LogP contribution in [0.25, 0.3) is 11.0 Å². The second-order valence-electron chi connectivity index (χ2n) is 5.25. The molecule has 0 spiro atoms. The highest BCUT2D eigenvalue weighted by molar-refractivity contribution is 5.76. The number of nitrogens with zero attached hydrogens (tertiary/aromatic N) is 7. The number of hydrogen-bond donors (Lipinski definition) is 2. The van der Waals surface area contributed by atoms with Crippen LogP contribution in [0, 0.1) is 0 Å². The minimum Gasteiger partial charge on any atom is -0.394 e. The van der Waals surface area contributed by atoms with E-state index in [1.54, 1.807) is 14.1 Å². The molecule has 2 aromatic heterocycles. The molecule has 11 heteroatoms. The maximum Gasteiger partial charge on any atom is 0.293 e. The van der Waals surface area contributed by atoms with Crippen LogP contribution in [0.1, 0.15) is 0 Å². The van der Waals surface area contributed by atoms with E-state index in [9.17, 15) is 14.7 Å². The van der Waals surface area contributed by atoms with Gasteiger partial charge in [-0.2, -0.15) is 0 Å². The first-order valence-corrected chi connectivity index (χ1v) is 6.82. The second kappa shape index (κ2) is 6.30. The molecule has 2 heterocycles. The van der Waals surface area contributed by atoms with Gasteiger partial charge < -0.3 is 10.2 Å². The maximum atomic E-state index is 12.5. The number of fused-ring (bicyclic) bond motifs is 1. The Kier molecular flexibility index (Phi) is 4.61. The van der Waals surface area contributed by atoms with E-state index in [2.05, 4.69) is 15.3 Å². The molecular weight excluding hydrogens is 306 g/mol. The lowest BCUT2D eigenvalue weighted by Crippen LogP contribution is -2.36. The van der Waals surface area contributed by atoms with Gasteiger partial charge in [-0.05, 0) is 0 Å². The van der Waals surface area contributed by atoms with E-state index >= 15 is 0 Å². The molecule has 1 atom stereocenters. The van der Waals surface area contributed by atoms with Crippen LogP contribution < -0.4 is 11.1 Å². The number of hydrogen-bond acceptors (Lipinski definition) is 7. The first-order chi connectivity index (χ1) is 10.8. The minimum atomic E-state index is -1.13. The van der Waals surface area contributed by atoms with Gasteiger partial charge in [0, 0.05) is 28.2 Å². The predicted octanol–water partition coefficient (Wildman–Crippen LogP) is -1.65. The van der Waals surface area contributed by atoms with Crippen LogP contribution in [0.3, 0.4) is 0 Å². The Hall–Kier alpha value is -2.53. The van der Waals surface area contributed by atoms with Crippen molar-refractivity contribution in [2.75, 3.05) is 20.7 Å². The molecule has 23 heavy (non-hydrogen) atoms. The third-order valence-corrected chi connectivity index (χ3v) is 3.31. The normalized spacial score (nSPS) is 13.1. The lowest BCUT2D eigenvalue weighted by atomic mass is 10.3. The van der Waals surface area contributed by atoms with Gasteiger partial charge in [0.1, 0.15) is 5.52 Å². The highest BCUT2D eigenvalue weighted by Crippen LogP contribution is 2.18. The van der Waals surface area contributed by atoms with Crippen LogP contribution in [-0.2, 0) is 20.6 Å². The van der Waals surface area contributed by atoms with E-state index in [4.69, 9.17) is 5.11 Å². The molecule has 126 valence electrons. The van der Waals surface area contributed by atoms with Crippen molar-refractivity contribution in [1.29, 1.82) is 0 Å². The predicted molar refractivity (Wildman–Crippen MR) is 81.5 cm³/mol. The lowest BCUT2D eigenvalue weighted by molar-refractivity contribution is 0.0823. The zero-order valence-corrected chi connectivity index (χ0v) is 13.3. The number of aromatic nitrogens is 4. The van der Waals surface area contributed by atoms with Crippen molar-refractivity contribution in [3.8, 4) is 0 Å². The Morgan fingerprint density at radius 3 is 2.39 bits per heavy atom. The molecule has 0 saturated carbocycles. The molecule has 0 radical (unpaired) electrons. The Morgan fingerprint density at radius 2 is 1.83 bits per heavy atom. The van der Waals surface area contributed by atoms with Crippen LogP contribution in [0.4, 0.5) is 5.95 Å². The number of rotatable bonds is 5. The summed E-state index contributed by atoms with van der Waals surface area (Å²) in [4.78, 5) is 28.8. The Morgan fingerprint density at radius 1 is 1.22 bits per heavy atom. The first-order valence-electron chi connectivity index (χ1n) is 6.82. The standard InChI is InChI=1S/C12H19N7O4/c1-16(2)15-14-12-13-8-9(19(12)5-7(21)6-20)11(23)18(4)17(3)10(8)22/h7,20-21H,5-6H2,1-4H3. The van der Waals surface area contributed by atoms with Crippen molar-refractivity contribution in [3.63, 3.8) is 0 Å². The van der Waals surface area contributed by atoms with E-state index < -0.39 is 23.8 Å².